The van der Waals surface area contributed by atoms with Gasteiger partial charge in [-0.15, -0.1) is 0 Å². The average Bonchev–Trinajstić information content (AvgIpc) is 2.92. The predicted octanol–water partition coefficient (Wildman–Crippen LogP) is 5.55. The van der Waals surface area contributed by atoms with E-state index in [1.165, 1.54) is 10.5 Å². The van der Waals surface area contributed by atoms with E-state index in [4.69, 9.17) is 16.3 Å². The number of ether oxygens (including phenoxy) is 1. The molecule has 5 rings (SSSR count). The minimum atomic E-state index is -3.95. The number of sulfonamides is 1. The van der Waals surface area contributed by atoms with Crippen LogP contribution in [0.25, 0.3) is 11.3 Å². The molecule has 0 radical (unpaired) electrons. The quantitative estimate of drug-likeness (QED) is 0.231. The van der Waals surface area contributed by atoms with Crippen LogP contribution >= 0.6 is 23.4 Å². The number of rotatable bonds is 7. The first-order chi connectivity index (χ1) is 18.3. The van der Waals surface area contributed by atoms with Crippen molar-refractivity contribution in [3.63, 3.8) is 0 Å². The second kappa shape index (κ2) is 10.6. The molecule has 1 aliphatic heterocycles. The highest BCUT2D eigenvalue weighted by Gasteiger charge is 2.36. The fourth-order valence-electron chi connectivity index (χ4n) is 4.10. The molecule has 1 aromatic heterocycles. The lowest BCUT2D eigenvalue weighted by Gasteiger charge is -2.31. The molecule has 38 heavy (non-hydrogen) atoms. The third-order valence-corrected chi connectivity index (χ3v) is 8.85. The molecular weight excluding hydrogens is 544 g/mol. The normalized spacial score (nSPS) is 13.4. The molecule has 3 aromatic carbocycles. The van der Waals surface area contributed by atoms with Crippen LogP contribution in [-0.4, -0.2) is 37.2 Å². The zero-order chi connectivity index (χ0) is 26.9. The number of anilines is 2. The summed E-state index contributed by atoms with van der Waals surface area (Å²) in [5, 5.41) is 3.66. The number of fused-ring (bicyclic) bond motifs is 3. The molecule has 0 unspecified atom stereocenters. The molecule has 11 heteroatoms. The topological polar surface area (TPSA) is 101 Å². The Bertz CT molecular complexity index is 1650. The first-order valence-corrected chi connectivity index (χ1v) is 14.4. The summed E-state index contributed by atoms with van der Waals surface area (Å²) in [6.45, 7) is 2.00. The molecule has 0 fully saturated rings. The van der Waals surface area contributed by atoms with E-state index in [1.54, 1.807) is 43.5 Å². The van der Waals surface area contributed by atoms with Crippen LogP contribution in [0.2, 0.25) is 5.02 Å². The molecule has 194 valence electrons. The number of para-hydroxylation sites is 1. The number of hydrogen-bond acceptors (Lipinski definition) is 7. The Morgan fingerprint density at radius 2 is 1.92 bits per heavy atom. The lowest BCUT2D eigenvalue weighted by atomic mass is 10.1. The van der Waals surface area contributed by atoms with Crippen LogP contribution in [0.4, 0.5) is 11.4 Å². The average molecular weight is 567 g/mol. The smallest absolute Gasteiger partial charge is 0.268 e. The van der Waals surface area contributed by atoms with Crippen molar-refractivity contribution < 1.29 is 17.9 Å². The van der Waals surface area contributed by atoms with Crippen LogP contribution < -0.4 is 14.4 Å². The minimum absolute atomic E-state index is 0.0162. The molecular formula is C27H23ClN4O4S2. The first-order valence-electron chi connectivity index (χ1n) is 11.6. The number of benzene rings is 3. The van der Waals surface area contributed by atoms with Crippen molar-refractivity contribution in [2.24, 2.45) is 0 Å². The van der Waals surface area contributed by atoms with Gasteiger partial charge in [-0.1, -0.05) is 59.8 Å². The van der Waals surface area contributed by atoms with Crippen LogP contribution in [-0.2, 0) is 21.4 Å². The van der Waals surface area contributed by atoms with E-state index in [1.807, 2.05) is 37.3 Å². The Morgan fingerprint density at radius 3 is 2.74 bits per heavy atom. The van der Waals surface area contributed by atoms with Crippen molar-refractivity contribution in [3.8, 4) is 17.0 Å². The van der Waals surface area contributed by atoms with E-state index in [-0.39, 0.29) is 23.1 Å². The number of methoxy groups -OCH3 is 1. The van der Waals surface area contributed by atoms with Gasteiger partial charge in [-0.3, -0.25) is 9.10 Å². The molecule has 0 saturated heterocycles. The predicted molar refractivity (Wildman–Crippen MR) is 149 cm³/mol. The van der Waals surface area contributed by atoms with Gasteiger partial charge in [-0.2, -0.15) is 0 Å². The Balaban J connectivity index is 1.41. The lowest BCUT2D eigenvalue weighted by Crippen LogP contribution is -2.34. The van der Waals surface area contributed by atoms with Gasteiger partial charge in [0.15, 0.2) is 5.16 Å². The van der Waals surface area contributed by atoms with E-state index >= 15 is 0 Å². The van der Waals surface area contributed by atoms with Crippen molar-refractivity contribution in [2.45, 2.75) is 23.5 Å². The zero-order valence-corrected chi connectivity index (χ0v) is 22.9. The Hall–Kier alpha value is -3.60. The number of nitrogens with one attached hydrogen (secondary N) is 1. The minimum Gasteiger partial charge on any atom is -0.497 e. The molecule has 0 saturated carbocycles. The summed E-state index contributed by atoms with van der Waals surface area (Å²) in [4.78, 5) is 21.4. The molecule has 0 bridgehead atoms. The van der Waals surface area contributed by atoms with Gasteiger partial charge >= 0.3 is 0 Å². The van der Waals surface area contributed by atoms with Crippen LogP contribution in [0, 0.1) is 6.92 Å². The van der Waals surface area contributed by atoms with Crippen molar-refractivity contribution in [1.82, 2.24) is 9.97 Å². The molecule has 1 aliphatic rings. The van der Waals surface area contributed by atoms with E-state index in [9.17, 15) is 13.2 Å². The number of hydrogen-bond donors (Lipinski definition) is 1. The fourth-order valence-corrected chi connectivity index (χ4v) is 6.45. The van der Waals surface area contributed by atoms with Crippen LogP contribution in [0.3, 0.4) is 0 Å². The second-order valence-electron chi connectivity index (χ2n) is 8.54. The molecule has 4 aromatic rings. The largest absolute Gasteiger partial charge is 0.497 e. The van der Waals surface area contributed by atoms with Gasteiger partial charge in [-0.05, 0) is 48.4 Å². The van der Waals surface area contributed by atoms with Gasteiger partial charge in [-0.25, -0.2) is 18.4 Å². The second-order valence-corrected chi connectivity index (χ2v) is 11.8. The zero-order valence-electron chi connectivity index (χ0n) is 20.5. The highest BCUT2D eigenvalue weighted by Crippen LogP contribution is 2.43. The van der Waals surface area contributed by atoms with Gasteiger partial charge in [0.2, 0.25) is 5.91 Å². The Labute approximate surface area is 230 Å². The number of thioether (sulfide) groups is 1. The standard InChI is InChI=1S/C27H23ClN4O4S2/c1-17-10-11-19(28)13-22(17)30-25(33)16-37-27-29-14-24-26(31-27)21-8-3-4-9-23(21)32(38(24,34)35)15-18-6-5-7-20(12-18)36-2/h3-14H,15-16H2,1-2H3,(H,30,33). The van der Waals surface area contributed by atoms with Crippen LogP contribution in [0.5, 0.6) is 5.75 Å². The fraction of sp³-hybridized carbons (Fsp3) is 0.148. The van der Waals surface area contributed by atoms with E-state index in [0.29, 0.717) is 38.6 Å². The number of aromatic nitrogens is 2. The summed E-state index contributed by atoms with van der Waals surface area (Å²) in [7, 11) is -2.38. The highest BCUT2D eigenvalue weighted by atomic mass is 35.5. The number of nitrogens with zero attached hydrogens (tertiary/aromatic N) is 3. The third kappa shape index (κ3) is 5.20. The van der Waals surface area contributed by atoms with E-state index in [0.717, 1.165) is 22.9 Å². The van der Waals surface area contributed by atoms with Crippen molar-refractivity contribution >= 4 is 50.7 Å². The van der Waals surface area contributed by atoms with Crippen LogP contribution in [0.15, 0.2) is 83.0 Å². The summed E-state index contributed by atoms with van der Waals surface area (Å²) < 4.78 is 34.0. The maximum absolute atomic E-state index is 13.7. The summed E-state index contributed by atoms with van der Waals surface area (Å²) in [6.07, 6.45) is 1.31. The third-order valence-electron chi connectivity index (χ3n) is 6.00. The van der Waals surface area contributed by atoms with Gasteiger partial charge in [0.1, 0.15) is 10.6 Å². The molecule has 0 spiro atoms. The van der Waals surface area contributed by atoms with Gasteiger partial charge in [0, 0.05) is 16.3 Å². The lowest BCUT2D eigenvalue weighted by molar-refractivity contribution is -0.113. The van der Waals surface area contributed by atoms with Gasteiger partial charge in [0.25, 0.3) is 10.0 Å². The van der Waals surface area contributed by atoms with Gasteiger partial charge in [0.05, 0.1) is 37.0 Å². The summed E-state index contributed by atoms with van der Waals surface area (Å²) in [5.74, 6) is 0.436. The van der Waals surface area contributed by atoms with Crippen molar-refractivity contribution in [2.75, 3.05) is 22.5 Å². The molecule has 1 amide bonds. The van der Waals surface area contributed by atoms with E-state index in [2.05, 4.69) is 15.3 Å². The highest BCUT2D eigenvalue weighted by molar-refractivity contribution is 7.99. The Morgan fingerprint density at radius 1 is 1.11 bits per heavy atom. The molecule has 2 heterocycles. The maximum Gasteiger partial charge on any atom is 0.268 e. The monoisotopic (exact) mass is 566 g/mol. The molecule has 0 aliphatic carbocycles. The summed E-state index contributed by atoms with van der Waals surface area (Å²) >= 11 is 7.16. The Kier molecular flexibility index (Phi) is 7.29. The maximum atomic E-state index is 13.7. The number of carbonyl (C=O) groups is 1. The summed E-state index contributed by atoms with van der Waals surface area (Å²) in [6, 6.07) is 19.8. The SMILES string of the molecule is COc1cccc(CN2c3ccccc3-c3nc(SCC(=O)Nc4cc(Cl)ccc4C)ncc3S2(=O)=O)c1. The van der Waals surface area contributed by atoms with Crippen LogP contribution in [0.1, 0.15) is 11.1 Å². The van der Waals surface area contributed by atoms with E-state index < -0.39 is 10.0 Å². The number of carbonyl (C=O) groups excluding carboxylic acids is 1. The van der Waals surface area contributed by atoms with Gasteiger partial charge < -0.3 is 10.1 Å². The number of halogens is 1. The summed E-state index contributed by atoms with van der Waals surface area (Å²) in [5.41, 5.74) is 3.80. The first kappa shape index (κ1) is 26.0. The number of amides is 1. The molecule has 0 atom stereocenters. The number of aryl methyl sites for hydroxylation is 1. The van der Waals surface area contributed by atoms with Crippen molar-refractivity contribution in [1.29, 1.82) is 0 Å². The molecule has 1 N–H and O–H groups in total. The van der Waals surface area contributed by atoms with Crippen molar-refractivity contribution in [3.05, 3.63) is 89.1 Å². The molecule has 8 nitrogen and oxygen atoms in total.